The molecule has 1 aliphatic rings. The Morgan fingerprint density at radius 2 is 2.31 bits per heavy atom. The van der Waals surface area contributed by atoms with Gasteiger partial charge in [-0.1, -0.05) is 42.6 Å². The summed E-state index contributed by atoms with van der Waals surface area (Å²) in [5.41, 5.74) is 1.81. The smallest absolute Gasteiger partial charge is 0.150 e. The monoisotopic (exact) mass is 232 g/mol. The Labute approximate surface area is 98.2 Å². The maximum Gasteiger partial charge on any atom is 0.150 e. The van der Waals surface area contributed by atoms with Crippen LogP contribution in [-0.2, 0) is 11.2 Å². The van der Waals surface area contributed by atoms with E-state index in [9.17, 15) is 4.79 Å². The molecule has 0 unspecified atom stereocenters. The molecule has 0 radical (unpaired) electrons. The second-order valence-corrected chi connectivity index (χ2v) is 4.50. The van der Waals surface area contributed by atoms with Gasteiger partial charge in [-0.3, -0.25) is 4.79 Å². The van der Waals surface area contributed by atoms with Crippen LogP contribution in [0.2, 0.25) is 0 Å². The number of allylic oxidation sites excluding steroid dienone is 6. The van der Waals surface area contributed by atoms with E-state index in [1.807, 2.05) is 24.3 Å². The molecule has 82 valence electrons. The summed E-state index contributed by atoms with van der Waals surface area (Å²) < 4.78 is 0. The molecule has 0 amide bonds. The number of aldehydes is 1. The Hall–Kier alpha value is -1.55. The summed E-state index contributed by atoms with van der Waals surface area (Å²) in [6.45, 7) is 2.07. The summed E-state index contributed by atoms with van der Waals surface area (Å²) in [7, 11) is 0. The average Bonchev–Trinajstić information content (AvgIpc) is 2.67. The summed E-state index contributed by atoms with van der Waals surface area (Å²) in [4.78, 5) is 10.6. The quantitative estimate of drug-likeness (QED) is 0.752. The van der Waals surface area contributed by atoms with E-state index in [0.717, 1.165) is 34.7 Å². The number of aromatic nitrogens is 2. The van der Waals surface area contributed by atoms with Gasteiger partial charge in [0.25, 0.3) is 0 Å². The minimum Gasteiger partial charge on any atom is -0.298 e. The second-order valence-electron chi connectivity index (χ2n) is 3.44. The highest BCUT2D eigenvalue weighted by Crippen LogP contribution is 2.24. The van der Waals surface area contributed by atoms with E-state index in [0.29, 0.717) is 5.57 Å². The number of hydrogen-bond acceptors (Lipinski definition) is 4. The summed E-state index contributed by atoms with van der Waals surface area (Å²) in [6.07, 6.45) is 10.1. The van der Waals surface area contributed by atoms with Crippen LogP contribution in [0.3, 0.4) is 0 Å². The number of nitrogens with zero attached hydrogens (tertiary/aromatic N) is 2. The van der Waals surface area contributed by atoms with Crippen LogP contribution < -0.4 is 0 Å². The van der Waals surface area contributed by atoms with Gasteiger partial charge >= 0.3 is 0 Å². The fourth-order valence-corrected chi connectivity index (χ4v) is 2.22. The zero-order valence-corrected chi connectivity index (χ0v) is 9.83. The lowest BCUT2D eigenvalue weighted by Crippen LogP contribution is -1.81. The Bertz CT molecular complexity index is 483. The molecule has 0 fully saturated rings. The third-order valence-corrected chi connectivity index (χ3v) is 3.45. The molecule has 0 N–H and O–H groups in total. The first kappa shape index (κ1) is 11.0. The number of aryl methyl sites for hydroxylation is 1. The highest BCUT2D eigenvalue weighted by molar-refractivity contribution is 7.12. The van der Waals surface area contributed by atoms with E-state index in [1.165, 1.54) is 0 Å². The first-order valence-electron chi connectivity index (χ1n) is 5.18. The van der Waals surface area contributed by atoms with Crippen LogP contribution in [0.15, 0.2) is 29.9 Å². The zero-order valence-electron chi connectivity index (χ0n) is 9.01. The van der Waals surface area contributed by atoms with Gasteiger partial charge in [-0.25, -0.2) is 0 Å². The molecule has 1 aromatic rings. The molecule has 3 nitrogen and oxygen atoms in total. The van der Waals surface area contributed by atoms with Crippen LogP contribution >= 0.6 is 11.3 Å². The van der Waals surface area contributed by atoms with Crippen molar-refractivity contribution in [3.63, 3.8) is 0 Å². The van der Waals surface area contributed by atoms with Gasteiger partial charge in [0.15, 0.2) is 0 Å². The predicted molar refractivity (Wildman–Crippen MR) is 65.2 cm³/mol. The van der Waals surface area contributed by atoms with Gasteiger partial charge in [-0.05, 0) is 18.4 Å². The lowest BCUT2D eigenvalue weighted by molar-refractivity contribution is -0.104. The van der Waals surface area contributed by atoms with E-state index in [2.05, 4.69) is 17.1 Å². The highest BCUT2D eigenvalue weighted by Gasteiger charge is 2.08. The van der Waals surface area contributed by atoms with Gasteiger partial charge in [0.05, 0.1) is 0 Å². The summed E-state index contributed by atoms with van der Waals surface area (Å²) in [6, 6.07) is 0. The lowest BCUT2D eigenvalue weighted by Gasteiger charge is -1.95. The highest BCUT2D eigenvalue weighted by atomic mass is 32.1. The minimum absolute atomic E-state index is 0.690. The van der Waals surface area contributed by atoms with E-state index in [4.69, 9.17) is 0 Å². The second kappa shape index (κ2) is 4.99. The van der Waals surface area contributed by atoms with Crippen molar-refractivity contribution in [2.24, 2.45) is 0 Å². The number of hydrogen-bond donors (Lipinski definition) is 0. The van der Waals surface area contributed by atoms with Crippen molar-refractivity contribution in [2.45, 2.75) is 19.8 Å². The largest absolute Gasteiger partial charge is 0.298 e. The van der Waals surface area contributed by atoms with E-state index in [1.54, 1.807) is 11.3 Å². The van der Waals surface area contributed by atoms with Crippen molar-refractivity contribution in [1.82, 2.24) is 10.2 Å². The zero-order chi connectivity index (χ0) is 11.4. The maximum absolute atomic E-state index is 10.6. The Kier molecular flexibility index (Phi) is 3.41. The van der Waals surface area contributed by atoms with E-state index in [-0.39, 0.29) is 0 Å². The summed E-state index contributed by atoms with van der Waals surface area (Å²) in [5, 5.41) is 10.2. The lowest BCUT2D eigenvalue weighted by atomic mass is 10.2. The van der Waals surface area contributed by atoms with Gasteiger partial charge in [0.1, 0.15) is 16.3 Å². The molecule has 0 aromatic carbocycles. The normalized spacial score (nSPS) is 15.3. The molecule has 4 heteroatoms. The van der Waals surface area contributed by atoms with Gasteiger partial charge in [0.2, 0.25) is 0 Å². The third-order valence-electron chi connectivity index (χ3n) is 2.31. The molecule has 0 saturated carbocycles. The van der Waals surface area contributed by atoms with Crippen LogP contribution in [0.4, 0.5) is 0 Å². The van der Waals surface area contributed by atoms with Gasteiger partial charge in [0, 0.05) is 5.57 Å². The van der Waals surface area contributed by atoms with Crippen molar-refractivity contribution in [2.75, 3.05) is 0 Å². The van der Waals surface area contributed by atoms with Crippen LogP contribution in [0.5, 0.6) is 0 Å². The van der Waals surface area contributed by atoms with Gasteiger partial charge in [-0.2, -0.15) is 0 Å². The van der Waals surface area contributed by atoms with Crippen LogP contribution in [-0.4, -0.2) is 16.5 Å². The summed E-state index contributed by atoms with van der Waals surface area (Å²) in [5.74, 6) is 0. The number of carbonyl (C=O) groups excluding carboxylic acids is 1. The van der Waals surface area contributed by atoms with Crippen molar-refractivity contribution in [1.29, 1.82) is 0 Å². The SMILES string of the molecule is CCc1nnc(C2=CC=C(C=O)C=CC2)s1. The molecule has 1 aromatic heterocycles. The molecule has 0 bridgehead atoms. The first-order valence-corrected chi connectivity index (χ1v) is 6.00. The average molecular weight is 232 g/mol. The molecule has 0 spiro atoms. The molecular formula is C12H12N2OS. The summed E-state index contributed by atoms with van der Waals surface area (Å²) >= 11 is 1.62. The molecule has 0 aliphatic heterocycles. The fraction of sp³-hybridized carbons (Fsp3) is 0.250. The molecule has 1 heterocycles. The third kappa shape index (κ3) is 2.33. The maximum atomic E-state index is 10.6. The van der Waals surface area contributed by atoms with Crippen LogP contribution in [0.1, 0.15) is 23.4 Å². The van der Waals surface area contributed by atoms with Crippen LogP contribution in [0.25, 0.3) is 5.57 Å². The molecule has 0 atom stereocenters. The molecule has 2 rings (SSSR count). The predicted octanol–water partition coefficient (Wildman–Crippen LogP) is 2.57. The molecule has 1 aliphatic carbocycles. The van der Waals surface area contributed by atoms with Gasteiger partial charge < -0.3 is 0 Å². The standard InChI is InChI=1S/C12H12N2OS/c1-2-11-13-14-12(16-11)10-5-3-4-9(8-15)6-7-10/h3-4,6-8H,2,5H2,1H3. The first-order chi connectivity index (χ1) is 7.83. The van der Waals surface area contributed by atoms with Crippen molar-refractivity contribution < 1.29 is 4.79 Å². The van der Waals surface area contributed by atoms with E-state index < -0.39 is 0 Å². The van der Waals surface area contributed by atoms with E-state index >= 15 is 0 Å². The Morgan fingerprint density at radius 3 is 3.00 bits per heavy atom. The molecular weight excluding hydrogens is 220 g/mol. The Balaban J connectivity index is 2.28. The Morgan fingerprint density at radius 1 is 1.44 bits per heavy atom. The van der Waals surface area contributed by atoms with Crippen LogP contribution in [0, 0.1) is 0 Å². The number of carbonyl (C=O) groups is 1. The molecule has 16 heavy (non-hydrogen) atoms. The minimum atomic E-state index is 0.690. The van der Waals surface area contributed by atoms with Crippen molar-refractivity contribution >= 4 is 23.2 Å². The fourth-order valence-electron chi connectivity index (χ4n) is 1.41. The van der Waals surface area contributed by atoms with Gasteiger partial charge in [-0.15, -0.1) is 10.2 Å². The molecule has 0 saturated heterocycles. The topological polar surface area (TPSA) is 42.9 Å². The van der Waals surface area contributed by atoms with Crippen molar-refractivity contribution in [3.05, 3.63) is 39.9 Å². The van der Waals surface area contributed by atoms with Crippen molar-refractivity contribution in [3.8, 4) is 0 Å². The number of rotatable bonds is 3.